The Hall–Kier alpha value is -1.79. The fourth-order valence-electron chi connectivity index (χ4n) is 3.43. The van der Waals surface area contributed by atoms with Crippen LogP contribution in [0.15, 0.2) is 34.8 Å². The van der Waals surface area contributed by atoms with E-state index in [9.17, 15) is 10.1 Å². The maximum Gasteiger partial charge on any atom is 0.412 e. The summed E-state index contributed by atoms with van der Waals surface area (Å²) in [5, 5.41) is 10.1. The molecule has 6 nitrogen and oxygen atoms in total. The first-order valence-electron chi connectivity index (χ1n) is 9.91. The minimum Gasteiger partial charge on any atom is -0.444 e. The highest BCUT2D eigenvalue weighted by atomic mass is 35.5. The van der Waals surface area contributed by atoms with Gasteiger partial charge in [-0.25, -0.2) is 4.79 Å². The zero-order valence-electron chi connectivity index (χ0n) is 18.2. The lowest BCUT2D eigenvalue weighted by molar-refractivity contribution is -0.0626. The van der Waals surface area contributed by atoms with E-state index in [1.54, 1.807) is 51.7 Å². The van der Waals surface area contributed by atoms with Gasteiger partial charge < -0.3 is 9.47 Å². The van der Waals surface area contributed by atoms with Crippen molar-refractivity contribution in [2.24, 2.45) is 0 Å². The molecule has 2 aromatic rings. The lowest BCUT2D eigenvalue weighted by atomic mass is 10.1. The molecule has 0 radical (unpaired) electrons. The van der Waals surface area contributed by atoms with Gasteiger partial charge in [-0.2, -0.15) is 5.26 Å². The summed E-state index contributed by atoms with van der Waals surface area (Å²) in [6.45, 7) is 9.70. The number of benzene rings is 1. The van der Waals surface area contributed by atoms with Crippen LogP contribution in [0, 0.1) is 11.3 Å². The molecule has 0 bridgehead atoms. The molecule has 9 heteroatoms. The highest BCUT2D eigenvalue weighted by molar-refractivity contribution is 7.99. The van der Waals surface area contributed by atoms with Crippen LogP contribution in [-0.4, -0.2) is 40.0 Å². The van der Waals surface area contributed by atoms with Crippen LogP contribution in [0.2, 0.25) is 5.02 Å². The zero-order valence-corrected chi connectivity index (χ0v) is 20.6. The number of thioether (sulfide) groups is 1. The third-order valence-electron chi connectivity index (χ3n) is 4.75. The van der Waals surface area contributed by atoms with Gasteiger partial charge in [-0.05, 0) is 59.2 Å². The number of hydrogen-bond acceptors (Lipinski definition) is 7. The maximum atomic E-state index is 13.0. The van der Waals surface area contributed by atoms with E-state index < -0.39 is 17.4 Å². The van der Waals surface area contributed by atoms with E-state index in [0.29, 0.717) is 23.6 Å². The zero-order chi connectivity index (χ0) is 22.8. The molecule has 0 unspecified atom stereocenters. The van der Waals surface area contributed by atoms with Crippen LogP contribution in [-0.2, 0) is 9.47 Å². The summed E-state index contributed by atoms with van der Waals surface area (Å²) >= 11 is 9.30. The number of nitriles is 1. The van der Waals surface area contributed by atoms with Crippen LogP contribution < -0.4 is 0 Å². The Morgan fingerprint density at radius 3 is 2.87 bits per heavy atom. The van der Waals surface area contributed by atoms with Gasteiger partial charge in [-0.15, -0.1) is 23.1 Å². The summed E-state index contributed by atoms with van der Waals surface area (Å²) in [5.74, 6) is 0. The van der Waals surface area contributed by atoms with Gasteiger partial charge in [0.15, 0.2) is 0 Å². The van der Waals surface area contributed by atoms with Gasteiger partial charge in [0, 0.05) is 26.2 Å². The molecular formula is C22H26ClN3O3S2. The first-order valence-corrected chi connectivity index (χ1v) is 12.0. The Balaban J connectivity index is 1.89. The molecule has 0 saturated carbocycles. The van der Waals surface area contributed by atoms with E-state index in [1.807, 2.05) is 40.8 Å². The summed E-state index contributed by atoms with van der Waals surface area (Å²) in [6.07, 6.45) is 2.05. The second-order valence-electron chi connectivity index (χ2n) is 8.76. The SMILES string of the molecule is CC(C)(C)OC(=O)N1[C@@H](C[C@@H](Sc2cc(Cl)ccc2C#N)c2cncs2)COC1(C)C. The molecule has 166 valence electrons. The lowest BCUT2D eigenvalue weighted by Crippen LogP contribution is -2.50. The number of carbonyl (C=O) groups is 1. The number of aromatic nitrogens is 1. The third-order valence-corrected chi connectivity index (χ3v) is 7.35. The van der Waals surface area contributed by atoms with Gasteiger partial charge >= 0.3 is 6.09 Å². The monoisotopic (exact) mass is 479 g/mol. The maximum absolute atomic E-state index is 13.0. The number of thiazole rings is 1. The van der Waals surface area contributed by atoms with Crippen molar-refractivity contribution in [2.75, 3.05) is 6.61 Å². The van der Waals surface area contributed by atoms with E-state index in [4.69, 9.17) is 21.1 Å². The number of ether oxygens (including phenoxy) is 2. The van der Waals surface area contributed by atoms with E-state index in [1.165, 1.54) is 0 Å². The topological polar surface area (TPSA) is 75.5 Å². The van der Waals surface area contributed by atoms with Crippen molar-refractivity contribution in [3.8, 4) is 6.07 Å². The van der Waals surface area contributed by atoms with Crippen LogP contribution >= 0.6 is 34.7 Å². The van der Waals surface area contributed by atoms with Crippen molar-refractivity contribution < 1.29 is 14.3 Å². The van der Waals surface area contributed by atoms with Gasteiger partial charge in [-0.3, -0.25) is 9.88 Å². The summed E-state index contributed by atoms with van der Waals surface area (Å²) < 4.78 is 11.6. The van der Waals surface area contributed by atoms with E-state index in [2.05, 4.69) is 11.1 Å². The number of amides is 1. The van der Waals surface area contributed by atoms with Crippen LogP contribution in [0.5, 0.6) is 0 Å². The Labute approximate surface area is 196 Å². The number of carbonyl (C=O) groups excluding carboxylic acids is 1. The average Bonchev–Trinajstić information content (AvgIpc) is 3.28. The average molecular weight is 480 g/mol. The quantitative estimate of drug-likeness (QED) is 0.471. The molecule has 2 atom stereocenters. The molecule has 1 aromatic heterocycles. The molecule has 1 fully saturated rings. The largest absolute Gasteiger partial charge is 0.444 e. The van der Waals surface area contributed by atoms with Crippen molar-refractivity contribution in [1.82, 2.24) is 9.88 Å². The molecule has 3 rings (SSSR count). The van der Waals surface area contributed by atoms with Gasteiger partial charge in [0.05, 0.1) is 23.7 Å². The Bertz CT molecular complexity index is 967. The molecule has 1 amide bonds. The fraction of sp³-hybridized carbons (Fsp3) is 0.500. The lowest BCUT2D eigenvalue weighted by Gasteiger charge is -2.36. The molecule has 0 N–H and O–H groups in total. The van der Waals surface area contributed by atoms with Gasteiger partial charge in [0.1, 0.15) is 17.4 Å². The standard InChI is InChI=1S/C22H26ClN3O3S2/c1-21(2,3)29-20(27)26-16(12-28-22(26,4)5)9-18(19-11-25-13-30-19)31-17-8-15(23)7-6-14(17)10-24/h6-8,11,13,16,18H,9,12H2,1-5H3/t16-,18+/m0/s1. The minimum atomic E-state index is -0.774. The molecular weight excluding hydrogens is 454 g/mol. The summed E-state index contributed by atoms with van der Waals surface area (Å²) in [4.78, 5) is 20.8. The summed E-state index contributed by atoms with van der Waals surface area (Å²) in [6, 6.07) is 7.29. The Kier molecular flexibility index (Phi) is 7.21. The predicted molar refractivity (Wildman–Crippen MR) is 123 cm³/mol. The highest BCUT2D eigenvalue weighted by Crippen LogP contribution is 2.44. The smallest absolute Gasteiger partial charge is 0.412 e. The molecule has 1 aliphatic heterocycles. The first kappa shape index (κ1) is 23.9. The second-order valence-corrected chi connectivity index (χ2v) is 11.4. The van der Waals surface area contributed by atoms with Crippen molar-refractivity contribution in [3.05, 3.63) is 45.4 Å². The highest BCUT2D eigenvalue weighted by Gasteiger charge is 2.46. The molecule has 1 aliphatic rings. The van der Waals surface area contributed by atoms with Crippen LogP contribution in [0.4, 0.5) is 4.79 Å². The number of halogens is 1. The number of rotatable bonds is 5. The van der Waals surface area contributed by atoms with Crippen molar-refractivity contribution in [2.45, 2.75) is 68.6 Å². The van der Waals surface area contributed by atoms with Crippen LogP contribution in [0.25, 0.3) is 0 Å². The summed E-state index contributed by atoms with van der Waals surface area (Å²) in [7, 11) is 0. The molecule has 31 heavy (non-hydrogen) atoms. The van der Waals surface area contributed by atoms with Gasteiger partial charge in [-0.1, -0.05) is 11.6 Å². The van der Waals surface area contributed by atoms with E-state index in [-0.39, 0.29) is 11.3 Å². The number of hydrogen-bond donors (Lipinski definition) is 0. The van der Waals surface area contributed by atoms with Gasteiger partial charge in [0.25, 0.3) is 0 Å². The van der Waals surface area contributed by atoms with E-state index >= 15 is 0 Å². The van der Waals surface area contributed by atoms with E-state index in [0.717, 1.165) is 9.77 Å². The Morgan fingerprint density at radius 2 is 2.26 bits per heavy atom. The summed E-state index contributed by atoms with van der Waals surface area (Å²) in [5.41, 5.74) is 0.974. The van der Waals surface area contributed by atoms with Crippen molar-refractivity contribution in [1.29, 1.82) is 5.26 Å². The Morgan fingerprint density at radius 1 is 1.52 bits per heavy atom. The normalized spacial score (nSPS) is 19.1. The molecule has 1 saturated heterocycles. The molecule has 1 aromatic carbocycles. The predicted octanol–water partition coefficient (Wildman–Crippen LogP) is 6.26. The van der Waals surface area contributed by atoms with Crippen LogP contribution in [0.1, 0.15) is 56.7 Å². The van der Waals surface area contributed by atoms with Crippen LogP contribution in [0.3, 0.4) is 0 Å². The fourth-order valence-corrected chi connectivity index (χ4v) is 5.83. The number of nitrogens with zero attached hydrogens (tertiary/aromatic N) is 3. The van der Waals surface area contributed by atoms with Gasteiger partial charge in [0.2, 0.25) is 0 Å². The second kappa shape index (κ2) is 9.37. The van der Waals surface area contributed by atoms with Crippen molar-refractivity contribution >= 4 is 40.8 Å². The molecule has 0 aliphatic carbocycles. The first-order chi connectivity index (χ1) is 14.5. The van der Waals surface area contributed by atoms with Crippen molar-refractivity contribution in [3.63, 3.8) is 0 Å². The molecule has 2 heterocycles. The molecule has 0 spiro atoms. The third kappa shape index (κ3) is 5.92. The minimum absolute atomic E-state index is 0.0366.